The van der Waals surface area contributed by atoms with Crippen molar-refractivity contribution in [3.8, 4) is 90.6 Å². The third kappa shape index (κ3) is 21.9. The zero-order chi connectivity index (χ0) is 96.1. The fraction of sp³-hybridized carbons (Fsp3) is 0.452. The van der Waals surface area contributed by atoms with Crippen molar-refractivity contribution in [3.05, 3.63) is 204 Å². The first kappa shape index (κ1) is 101. The maximum atomic E-state index is 5.71. The van der Waals surface area contributed by atoms with Crippen LogP contribution in [0.1, 0.15) is 436 Å². The molecule has 0 spiro atoms. The quantitative estimate of drug-likeness (QED) is 0.0228. The molecule has 4 aliphatic rings. The first-order valence-electron chi connectivity index (χ1n) is 52.7. The summed E-state index contributed by atoms with van der Waals surface area (Å²) in [7, 11) is 0. The Morgan fingerprint density at radius 2 is 0.397 bits per heavy atom. The number of nitrogens with one attached hydrogen (secondary N) is 4. The Morgan fingerprint density at radius 3 is 0.581 bits per heavy atom. The lowest BCUT2D eigenvalue weighted by Crippen LogP contribution is -1.95. The molecule has 0 unspecified atom stereocenters. The van der Waals surface area contributed by atoms with E-state index in [0.29, 0.717) is 0 Å². The standard InChI is InChI=1S/C124H146N8S4/c1-21-41-45-49-59-79-69-83(133-121(79)123-81(61-51-47-43-23-3)71-85(135-123)65-55-57-67-103-117-99(37-17)95(33-13)113(129-117)75-109-91(29-9)87(25-5)105(125-109)73-106-88(26-6)92(30-10)110(126-106)76-114-96(34-14)100(38-18)118(103)130-114)63-53-54-64-84-70-80(60-50-46-42-22-2)122(134-84)124-82(62-52-48-44-24-4)72-86(136-124)66-56-58-68-104-119-101(39-19)97(35-15)115(131-119)77-111-93(31-11)89(27-7)107(127-111)74-108-90(28-8)94(32-12)112(128-108)78-116-98(36-16)102(40-20)120(104)132-116/h69-78,125-128H,21-52,59-62H2,1-20H3. The van der Waals surface area contributed by atoms with Crippen LogP contribution in [0.4, 0.5) is 0 Å². The van der Waals surface area contributed by atoms with Gasteiger partial charge in [0.25, 0.3) is 0 Å². The molecule has 0 aliphatic carbocycles. The summed E-state index contributed by atoms with van der Waals surface area (Å²) in [6.45, 7) is 45.7. The second-order valence-corrected chi connectivity index (χ2v) is 40.9. The van der Waals surface area contributed by atoms with Crippen molar-refractivity contribution in [1.29, 1.82) is 0 Å². The van der Waals surface area contributed by atoms with E-state index in [1.54, 1.807) is 0 Å². The average molecular weight is 1880 g/mol. The van der Waals surface area contributed by atoms with E-state index >= 15 is 0 Å². The monoisotopic (exact) mass is 1880 g/mol. The first-order chi connectivity index (χ1) is 66.6. The van der Waals surface area contributed by atoms with Crippen LogP contribution in [-0.4, -0.2) is 39.9 Å². The van der Waals surface area contributed by atoms with Gasteiger partial charge in [0.2, 0.25) is 0 Å². The van der Waals surface area contributed by atoms with Crippen molar-refractivity contribution in [2.45, 2.75) is 370 Å². The third-order valence-electron chi connectivity index (χ3n) is 28.4. The number of aromatic amines is 4. The minimum atomic E-state index is 0.819. The van der Waals surface area contributed by atoms with Crippen molar-refractivity contribution in [1.82, 2.24) is 39.9 Å². The Bertz CT molecular complexity index is 6370. The van der Waals surface area contributed by atoms with Crippen molar-refractivity contribution in [2.75, 3.05) is 0 Å². The van der Waals surface area contributed by atoms with E-state index in [1.807, 2.05) is 45.3 Å². The molecule has 0 radical (unpaired) electrons. The van der Waals surface area contributed by atoms with Crippen LogP contribution in [0.15, 0.2) is 60.7 Å². The molecule has 0 amide bonds. The van der Waals surface area contributed by atoms with Gasteiger partial charge < -0.3 is 19.9 Å². The van der Waals surface area contributed by atoms with Crippen molar-refractivity contribution in [3.63, 3.8) is 0 Å². The van der Waals surface area contributed by atoms with Crippen LogP contribution in [0.5, 0.6) is 0 Å². The van der Waals surface area contributed by atoms with Gasteiger partial charge in [-0.05, 0) is 397 Å². The van der Waals surface area contributed by atoms with Crippen molar-refractivity contribution < 1.29 is 0 Å². The molecule has 706 valence electrons. The third-order valence-corrected chi connectivity index (χ3v) is 33.1. The molecule has 0 saturated heterocycles. The number of aromatic nitrogens is 8. The molecule has 0 atom stereocenters. The molecule has 136 heavy (non-hydrogen) atoms. The van der Waals surface area contributed by atoms with E-state index in [2.05, 4.69) is 290 Å². The van der Waals surface area contributed by atoms with Crippen molar-refractivity contribution >= 4 is 134 Å². The van der Waals surface area contributed by atoms with Gasteiger partial charge in [-0.25, -0.2) is 19.9 Å². The Balaban J connectivity index is 0.844. The Labute approximate surface area is 831 Å². The smallest absolute Gasteiger partial charge is 0.0851 e. The molecule has 10 aromatic heterocycles. The average Bonchev–Trinajstić information content (AvgIpc) is 1.60. The maximum Gasteiger partial charge on any atom is 0.0851 e. The van der Waals surface area contributed by atoms with E-state index in [1.165, 1.54) is 230 Å². The zero-order valence-electron chi connectivity index (χ0n) is 85.7. The van der Waals surface area contributed by atoms with E-state index in [-0.39, 0.29) is 0 Å². The van der Waals surface area contributed by atoms with Gasteiger partial charge in [-0.15, -0.1) is 45.3 Å². The fourth-order valence-electron chi connectivity index (χ4n) is 21.6. The van der Waals surface area contributed by atoms with Gasteiger partial charge >= 0.3 is 0 Å². The molecule has 14 heterocycles. The van der Waals surface area contributed by atoms with Crippen LogP contribution < -0.4 is 0 Å². The second-order valence-electron chi connectivity index (χ2n) is 36.7. The lowest BCUT2D eigenvalue weighted by molar-refractivity contribution is 0.666. The van der Waals surface area contributed by atoms with Crippen LogP contribution in [0, 0.1) is 71.0 Å². The van der Waals surface area contributed by atoms with Gasteiger partial charge in [-0.1, -0.05) is 216 Å². The number of thiophene rings is 4. The van der Waals surface area contributed by atoms with Crippen LogP contribution in [0.3, 0.4) is 0 Å². The highest BCUT2D eigenvalue weighted by Gasteiger charge is 2.31. The molecular formula is C124H146N8S4. The molecule has 8 nitrogen and oxygen atoms in total. The minimum Gasteiger partial charge on any atom is -0.355 e. The molecule has 0 saturated carbocycles. The SMILES string of the molecule is CCCCCCc1cc(C#CC#Cc2cc(CCCCCC)c(-c3sc(C#CC#Cc4c5nc(cc6[nH]c(cc7[nH]c(cc8nc4C(CC)=C8CC)c(CC)c7CC)c(CC)c6CC)C(CC)=C5CC)cc3CCCCCC)s2)sc1-c1sc(C#CC#Cc2c3nc(cc4[nH]c(cc5[nH]c(cc6nc2C(CC)=C6CC)c(CC)c5CC)c(CC)c4CC)C(CC)=C3CC)cc1CCCCCC. The summed E-state index contributed by atoms with van der Waals surface area (Å²) in [5.41, 5.74) is 45.1. The van der Waals surface area contributed by atoms with Gasteiger partial charge in [-0.3, -0.25) is 0 Å². The summed E-state index contributed by atoms with van der Waals surface area (Å²) in [5, 5.41) is 0. The molecule has 4 N–H and O–H groups in total. The molecule has 0 fully saturated rings. The Hall–Kier alpha value is -10.6. The highest BCUT2D eigenvalue weighted by Crippen LogP contribution is 2.48. The van der Waals surface area contributed by atoms with Gasteiger partial charge in [0.15, 0.2) is 0 Å². The van der Waals surface area contributed by atoms with Crippen LogP contribution in [0.2, 0.25) is 0 Å². The summed E-state index contributed by atoms with van der Waals surface area (Å²) < 4.78 is 0. The topological polar surface area (TPSA) is 115 Å². The lowest BCUT2D eigenvalue weighted by atomic mass is 9.94. The summed E-state index contributed by atoms with van der Waals surface area (Å²) in [4.78, 5) is 48.2. The summed E-state index contributed by atoms with van der Waals surface area (Å²) in [5.74, 6) is 43.0. The van der Waals surface area contributed by atoms with E-state index in [9.17, 15) is 0 Å². The van der Waals surface area contributed by atoms with Gasteiger partial charge in [-0.2, -0.15) is 0 Å². The number of unbranched alkanes of at least 4 members (excludes halogenated alkanes) is 12. The number of aryl methyl sites for hydroxylation is 12. The zero-order valence-corrected chi connectivity index (χ0v) is 88.9. The van der Waals surface area contributed by atoms with E-state index in [0.717, 1.165) is 252 Å². The fourth-order valence-corrected chi connectivity index (χ4v) is 26.3. The maximum absolute atomic E-state index is 5.71. The lowest BCUT2D eigenvalue weighted by Gasteiger charge is -2.08. The summed E-state index contributed by atoms with van der Waals surface area (Å²) in [6, 6.07) is 23.6. The molecular weight excluding hydrogens is 1730 g/mol. The Kier molecular flexibility index (Phi) is 36.2. The highest BCUT2D eigenvalue weighted by atomic mass is 32.1. The predicted molar refractivity (Wildman–Crippen MR) is 595 cm³/mol. The number of hydrogen-bond donors (Lipinski definition) is 4. The minimum absolute atomic E-state index is 0.819. The van der Waals surface area contributed by atoms with E-state index < -0.39 is 0 Å². The number of rotatable bonds is 38. The molecule has 12 heteroatoms. The number of allylic oxidation sites excluding steroid dienone is 8. The largest absolute Gasteiger partial charge is 0.355 e. The molecule has 4 aliphatic heterocycles. The Morgan fingerprint density at radius 1 is 0.206 bits per heavy atom. The van der Waals surface area contributed by atoms with Gasteiger partial charge in [0.1, 0.15) is 0 Å². The van der Waals surface area contributed by atoms with Gasteiger partial charge in [0.05, 0.1) is 76.2 Å². The summed E-state index contributed by atoms with van der Waals surface area (Å²) in [6.07, 6.45) is 37.0. The number of H-pyrrole nitrogens is 4. The highest BCUT2D eigenvalue weighted by molar-refractivity contribution is 7.23. The van der Waals surface area contributed by atoms with Crippen molar-refractivity contribution in [2.24, 2.45) is 0 Å². The van der Waals surface area contributed by atoms with Crippen LogP contribution in [-0.2, 0) is 77.0 Å². The van der Waals surface area contributed by atoms with E-state index in [4.69, 9.17) is 19.9 Å². The van der Waals surface area contributed by atoms with Crippen LogP contribution >= 0.6 is 45.3 Å². The molecule has 10 aromatic rings. The number of nitrogens with zero attached hydrogens (tertiary/aromatic N) is 4. The normalized spacial score (nSPS) is 12.4. The van der Waals surface area contributed by atoms with Crippen LogP contribution in [0.25, 0.3) is 108 Å². The number of fused-ring (bicyclic) bond motifs is 16. The number of hydrogen-bond acceptors (Lipinski definition) is 8. The first-order valence-corrected chi connectivity index (χ1v) is 55.9. The second kappa shape index (κ2) is 48.6. The molecule has 16 bridgehead atoms. The molecule has 14 rings (SSSR count). The molecule has 0 aromatic carbocycles. The summed E-state index contributed by atoms with van der Waals surface area (Å²) >= 11 is 7.33. The predicted octanol–water partition coefficient (Wildman–Crippen LogP) is 34.6. The van der Waals surface area contributed by atoms with Gasteiger partial charge in [0, 0.05) is 63.6 Å².